The van der Waals surface area contributed by atoms with Gasteiger partial charge in [-0.25, -0.2) is 9.97 Å². The van der Waals surface area contributed by atoms with Gasteiger partial charge in [-0.2, -0.15) is 4.98 Å². The van der Waals surface area contributed by atoms with Crippen LogP contribution in [0.25, 0.3) is 11.4 Å². The van der Waals surface area contributed by atoms with Crippen LogP contribution in [0.15, 0.2) is 47.7 Å². The van der Waals surface area contributed by atoms with Gasteiger partial charge in [0.25, 0.3) is 11.6 Å². The van der Waals surface area contributed by atoms with Crippen LogP contribution in [0.2, 0.25) is 0 Å². The minimum absolute atomic E-state index is 0.00271. The van der Waals surface area contributed by atoms with Crippen molar-refractivity contribution in [2.45, 2.75) is 25.9 Å². The van der Waals surface area contributed by atoms with Crippen molar-refractivity contribution in [1.29, 1.82) is 0 Å². The maximum absolute atomic E-state index is 12.5. The molecule has 2 fully saturated rings. The molecule has 4 heterocycles. The van der Waals surface area contributed by atoms with Gasteiger partial charge in [-0.1, -0.05) is 0 Å². The zero-order valence-corrected chi connectivity index (χ0v) is 19.7. The van der Waals surface area contributed by atoms with Gasteiger partial charge in [0, 0.05) is 69.7 Å². The smallest absolute Gasteiger partial charge is 0.299 e. The molecule has 34 heavy (non-hydrogen) atoms. The summed E-state index contributed by atoms with van der Waals surface area (Å²) in [4.78, 5) is 30.0. The van der Waals surface area contributed by atoms with Gasteiger partial charge in [0.1, 0.15) is 12.4 Å². The topological polar surface area (TPSA) is 85.6 Å². The average Bonchev–Trinajstić information content (AvgIpc) is 2.88. The number of hydrogen-bond donors (Lipinski definition) is 0. The summed E-state index contributed by atoms with van der Waals surface area (Å²) in [5, 5.41) is 0. The fourth-order valence-electron chi connectivity index (χ4n) is 4.57. The summed E-state index contributed by atoms with van der Waals surface area (Å²) in [6.45, 7) is 7.42. The number of piperidine rings is 1. The van der Waals surface area contributed by atoms with E-state index in [1.54, 1.807) is 19.3 Å². The molecule has 2 aliphatic heterocycles. The fraction of sp³-hybridized carbons (Fsp3) is 0.440. The zero-order valence-electron chi connectivity index (χ0n) is 19.7. The number of aryl methyl sites for hydroxylation is 1. The van der Waals surface area contributed by atoms with E-state index in [0.29, 0.717) is 17.4 Å². The van der Waals surface area contributed by atoms with Crippen molar-refractivity contribution >= 4 is 11.4 Å². The number of hydrogen-bond acceptors (Lipinski definition) is 8. The minimum atomic E-state index is -0.174. The van der Waals surface area contributed by atoms with Crippen molar-refractivity contribution in [3.63, 3.8) is 0 Å². The van der Waals surface area contributed by atoms with E-state index in [1.807, 2.05) is 0 Å². The van der Waals surface area contributed by atoms with Gasteiger partial charge >= 0.3 is 0 Å². The lowest BCUT2D eigenvalue weighted by Gasteiger charge is -2.35. The molecular weight excluding hydrogens is 432 g/mol. The van der Waals surface area contributed by atoms with E-state index >= 15 is 0 Å². The Bertz CT molecular complexity index is 1190. The van der Waals surface area contributed by atoms with Crippen LogP contribution in [0.5, 0.6) is 6.01 Å². The predicted molar refractivity (Wildman–Crippen MR) is 131 cm³/mol. The number of ether oxygens (including phenoxy) is 2. The van der Waals surface area contributed by atoms with E-state index < -0.39 is 0 Å². The first-order valence-corrected chi connectivity index (χ1v) is 11.8. The SMILES string of the molecule is Cc1cc(N2CCOCC2)ccc1N1CCC(Oc2nc(-c3ccncn3)cc(=O)n2C)CC1. The number of benzene rings is 1. The molecule has 0 saturated carbocycles. The monoisotopic (exact) mass is 462 g/mol. The number of nitrogens with zero attached hydrogens (tertiary/aromatic N) is 6. The Kier molecular flexibility index (Phi) is 6.44. The quantitative estimate of drug-likeness (QED) is 0.572. The highest BCUT2D eigenvalue weighted by molar-refractivity contribution is 5.62. The van der Waals surface area contributed by atoms with Gasteiger partial charge in [-0.15, -0.1) is 0 Å². The van der Waals surface area contributed by atoms with Crippen LogP contribution >= 0.6 is 0 Å². The zero-order chi connectivity index (χ0) is 23.5. The first-order valence-electron chi connectivity index (χ1n) is 11.8. The summed E-state index contributed by atoms with van der Waals surface area (Å²) in [6, 6.07) is 10.3. The molecule has 178 valence electrons. The van der Waals surface area contributed by atoms with Crippen molar-refractivity contribution < 1.29 is 9.47 Å². The van der Waals surface area contributed by atoms with Gasteiger partial charge in [-0.3, -0.25) is 9.36 Å². The summed E-state index contributed by atoms with van der Waals surface area (Å²) in [5.74, 6) is 0. The van der Waals surface area contributed by atoms with Crippen LogP contribution in [0.3, 0.4) is 0 Å². The second kappa shape index (κ2) is 9.80. The molecule has 3 aromatic rings. The van der Waals surface area contributed by atoms with Crippen LogP contribution in [-0.2, 0) is 11.8 Å². The molecular formula is C25H30N6O3. The molecule has 0 amide bonds. The van der Waals surface area contributed by atoms with Gasteiger partial charge in [-0.05, 0) is 36.8 Å². The lowest BCUT2D eigenvalue weighted by Crippen LogP contribution is -2.39. The Labute approximate surface area is 199 Å². The van der Waals surface area contributed by atoms with Crippen LogP contribution in [-0.4, -0.2) is 65.0 Å². The Balaban J connectivity index is 1.25. The van der Waals surface area contributed by atoms with Gasteiger partial charge < -0.3 is 19.3 Å². The summed E-state index contributed by atoms with van der Waals surface area (Å²) < 4.78 is 13.1. The Morgan fingerprint density at radius 3 is 2.50 bits per heavy atom. The van der Waals surface area contributed by atoms with Gasteiger partial charge in [0.2, 0.25) is 0 Å². The highest BCUT2D eigenvalue weighted by atomic mass is 16.5. The highest BCUT2D eigenvalue weighted by Gasteiger charge is 2.24. The summed E-state index contributed by atoms with van der Waals surface area (Å²) in [7, 11) is 1.68. The van der Waals surface area contributed by atoms with Crippen LogP contribution in [0.1, 0.15) is 18.4 Å². The van der Waals surface area contributed by atoms with E-state index in [4.69, 9.17) is 9.47 Å². The molecule has 2 aromatic heterocycles. The number of aromatic nitrogens is 4. The molecule has 0 unspecified atom stereocenters. The van der Waals surface area contributed by atoms with E-state index in [2.05, 4.69) is 49.9 Å². The molecule has 2 aliphatic rings. The van der Waals surface area contributed by atoms with Gasteiger partial charge in [0.05, 0.1) is 24.6 Å². The van der Waals surface area contributed by atoms with Crippen LogP contribution in [0, 0.1) is 6.92 Å². The maximum Gasteiger partial charge on any atom is 0.299 e. The molecule has 0 bridgehead atoms. The van der Waals surface area contributed by atoms with Gasteiger partial charge in [0.15, 0.2) is 0 Å². The first-order chi connectivity index (χ1) is 16.6. The molecule has 5 rings (SSSR count). The predicted octanol–water partition coefficient (Wildman–Crippen LogP) is 2.43. The average molecular weight is 463 g/mol. The number of anilines is 2. The standard InChI is InChI=1S/C25H30N6O3/c1-18-15-19(30-11-13-33-14-12-30)3-4-23(18)31-9-6-20(7-10-31)34-25-28-22(16-24(32)29(25)2)21-5-8-26-17-27-21/h3-5,8,15-17,20H,6-7,9-14H2,1-2H3. The van der Waals surface area contributed by atoms with Crippen molar-refractivity contribution in [1.82, 2.24) is 19.5 Å². The summed E-state index contributed by atoms with van der Waals surface area (Å²) >= 11 is 0. The third kappa shape index (κ3) is 4.75. The third-order valence-corrected chi connectivity index (χ3v) is 6.55. The van der Waals surface area contributed by atoms with E-state index in [1.165, 1.54) is 33.9 Å². The third-order valence-electron chi connectivity index (χ3n) is 6.55. The molecule has 0 N–H and O–H groups in total. The minimum Gasteiger partial charge on any atom is -0.461 e. The second-order valence-corrected chi connectivity index (χ2v) is 8.79. The van der Waals surface area contributed by atoms with Crippen molar-refractivity contribution in [2.75, 3.05) is 49.2 Å². The van der Waals surface area contributed by atoms with E-state index in [0.717, 1.165) is 52.2 Å². The largest absolute Gasteiger partial charge is 0.461 e. The molecule has 9 heteroatoms. The van der Waals surface area contributed by atoms with E-state index in [9.17, 15) is 4.79 Å². The fourth-order valence-corrected chi connectivity index (χ4v) is 4.57. The molecule has 0 atom stereocenters. The Hall–Kier alpha value is -3.46. The second-order valence-electron chi connectivity index (χ2n) is 8.79. The Morgan fingerprint density at radius 1 is 1.00 bits per heavy atom. The van der Waals surface area contributed by atoms with Crippen molar-refractivity contribution in [3.05, 3.63) is 58.8 Å². The molecule has 0 radical (unpaired) electrons. The molecule has 1 aromatic carbocycles. The van der Waals surface area contributed by atoms with Crippen molar-refractivity contribution in [3.8, 4) is 17.4 Å². The molecule has 0 aliphatic carbocycles. The summed E-state index contributed by atoms with van der Waals surface area (Å²) in [5.41, 5.74) is 4.74. The van der Waals surface area contributed by atoms with E-state index in [-0.39, 0.29) is 11.7 Å². The summed E-state index contributed by atoms with van der Waals surface area (Å²) in [6.07, 6.45) is 4.80. The first kappa shape index (κ1) is 22.3. The lowest BCUT2D eigenvalue weighted by atomic mass is 10.0. The highest BCUT2D eigenvalue weighted by Crippen LogP contribution is 2.29. The Morgan fingerprint density at radius 2 is 1.79 bits per heavy atom. The molecule has 9 nitrogen and oxygen atoms in total. The number of morpholine rings is 1. The number of rotatable bonds is 5. The molecule has 0 spiro atoms. The van der Waals surface area contributed by atoms with Crippen LogP contribution in [0.4, 0.5) is 11.4 Å². The normalized spacial score (nSPS) is 17.1. The van der Waals surface area contributed by atoms with Crippen LogP contribution < -0.4 is 20.1 Å². The van der Waals surface area contributed by atoms with Crippen molar-refractivity contribution in [2.24, 2.45) is 7.05 Å². The lowest BCUT2D eigenvalue weighted by molar-refractivity contribution is 0.122. The maximum atomic E-state index is 12.5. The molecule has 2 saturated heterocycles.